The highest BCUT2D eigenvalue weighted by Gasteiger charge is 2.03. The standard InChI is InChI=1S/C11H12ClN/c12-11(8-9-13)7-6-10-4-2-1-3-5-10/h1-5,11H,6-8H2/t11-/m0/s1. The molecule has 0 unspecified atom stereocenters. The van der Waals surface area contributed by atoms with E-state index in [-0.39, 0.29) is 5.38 Å². The lowest BCUT2D eigenvalue weighted by Crippen LogP contribution is -1.99. The molecule has 0 aliphatic carbocycles. The van der Waals surface area contributed by atoms with E-state index in [9.17, 15) is 0 Å². The third-order valence-electron chi connectivity index (χ3n) is 1.90. The molecule has 0 heterocycles. The Labute approximate surface area is 84.0 Å². The van der Waals surface area contributed by atoms with Crippen molar-refractivity contribution < 1.29 is 0 Å². The van der Waals surface area contributed by atoms with Crippen LogP contribution < -0.4 is 0 Å². The van der Waals surface area contributed by atoms with Gasteiger partial charge in [-0.1, -0.05) is 30.3 Å². The maximum atomic E-state index is 8.40. The average Bonchev–Trinajstić information content (AvgIpc) is 2.17. The van der Waals surface area contributed by atoms with Crippen molar-refractivity contribution in [3.63, 3.8) is 0 Å². The quantitative estimate of drug-likeness (QED) is 0.674. The molecule has 0 N–H and O–H groups in total. The van der Waals surface area contributed by atoms with Crippen LogP contribution in [0.2, 0.25) is 0 Å². The number of rotatable bonds is 4. The molecule has 68 valence electrons. The minimum Gasteiger partial charge on any atom is -0.198 e. The monoisotopic (exact) mass is 193 g/mol. The van der Waals surface area contributed by atoms with E-state index < -0.39 is 0 Å². The van der Waals surface area contributed by atoms with Gasteiger partial charge in [-0.15, -0.1) is 11.6 Å². The molecule has 0 spiro atoms. The second-order valence-corrected chi connectivity index (χ2v) is 3.60. The van der Waals surface area contributed by atoms with Gasteiger partial charge < -0.3 is 0 Å². The molecule has 0 saturated heterocycles. The number of nitriles is 1. The predicted octanol–water partition coefficient (Wildman–Crippen LogP) is 3.14. The molecule has 2 heteroatoms. The van der Waals surface area contributed by atoms with E-state index in [2.05, 4.69) is 18.2 Å². The number of aryl methyl sites for hydroxylation is 1. The highest BCUT2D eigenvalue weighted by atomic mass is 35.5. The molecular formula is C11H12ClN. The molecule has 0 amide bonds. The first-order valence-electron chi connectivity index (χ1n) is 4.38. The number of nitrogens with zero attached hydrogens (tertiary/aromatic N) is 1. The second-order valence-electron chi connectivity index (χ2n) is 2.98. The molecule has 0 fully saturated rings. The zero-order chi connectivity index (χ0) is 9.52. The van der Waals surface area contributed by atoms with Crippen molar-refractivity contribution in [3.05, 3.63) is 35.9 Å². The molecule has 1 rings (SSSR count). The molecule has 1 atom stereocenters. The Morgan fingerprint density at radius 1 is 1.31 bits per heavy atom. The van der Waals surface area contributed by atoms with Gasteiger partial charge in [0.2, 0.25) is 0 Å². The third-order valence-corrected chi connectivity index (χ3v) is 2.27. The van der Waals surface area contributed by atoms with E-state index in [1.54, 1.807) is 0 Å². The van der Waals surface area contributed by atoms with E-state index in [0.29, 0.717) is 6.42 Å². The molecule has 1 aromatic carbocycles. The summed E-state index contributed by atoms with van der Waals surface area (Å²) in [5.41, 5.74) is 1.28. The topological polar surface area (TPSA) is 23.8 Å². The van der Waals surface area contributed by atoms with Gasteiger partial charge in [0, 0.05) is 5.38 Å². The van der Waals surface area contributed by atoms with Crippen LogP contribution in [-0.2, 0) is 6.42 Å². The molecule has 0 saturated carbocycles. The number of halogens is 1. The van der Waals surface area contributed by atoms with Gasteiger partial charge in [0.25, 0.3) is 0 Å². The van der Waals surface area contributed by atoms with E-state index in [4.69, 9.17) is 16.9 Å². The summed E-state index contributed by atoms with van der Waals surface area (Å²) in [7, 11) is 0. The summed E-state index contributed by atoms with van der Waals surface area (Å²) >= 11 is 5.91. The van der Waals surface area contributed by atoms with E-state index in [1.807, 2.05) is 18.2 Å². The van der Waals surface area contributed by atoms with Crippen molar-refractivity contribution in [2.75, 3.05) is 0 Å². The summed E-state index contributed by atoms with van der Waals surface area (Å²) in [6.07, 6.45) is 2.27. The molecule has 0 radical (unpaired) electrons. The van der Waals surface area contributed by atoms with Crippen LogP contribution in [0.1, 0.15) is 18.4 Å². The fraction of sp³-hybridized carbons (Fsp3) is 0.364. The second kappa shape index (κ2) is 5.61. The summed E-state index contributed by atoms with van der Waals surface area (Å²) in [4.78, 5) is 0. The molecule has 1 aromatic rings. The smallest absolute Gasteiger partial charge is 0.0637 e. The van der Waals surface area contributed by atoms with E-state index in [0.717, 1.165) is 12.8 Å². The minimum atomic E-state index is -0.00907. The zero-order valence-electron chi connectivity index (χ0n) is 7.41. The molecule has 0 aliphatic heterocycles. The van der Waals surface area contributed by atoms with Crippen LogP contribution in [0.3, 0.4) is 0 Å². The van der Waals surface area contributed by atoms with Crippen LogP contribution in [0.5, 0.6) is 0 Å². The van der Waals surface area contributed by atoms with Crippen molar-refractivity contribution in [2.45, 2.75) is 24.6 Å². The molecule has 0 aliphatic rings. The lowest BCUT2D eigenvalue weighted by Gasteiger charge is -2.04. The SMILES string of the molecule is N#CC[C@@H](Cl)CCc1ccccc1. The zero-order valence-corrected chi connectivity index (χ0v) is 8.17. The maximum Gasteiger partial charge on any atom is 0.0637 e. The number of hydrogen-bond acceptors (Lipinski definition) is 1. The summed E-state index contributed by atoms with van der Waals surface area (Å²) < 4.78 is 0. The van der Waals surface area contributed by atoms with Crippen LogP contribution in [-0.4, -0.2) is 5.38 Å². The van der Waals surface area contributed by atoms with Crippen LogP contribution in [0.25, 0.3) is 0 Å². The summed E-state index contributed by atoms with van der Waals surface area (Å²) in [6.45, 7) is 0. The van der Waals surface area contributed by atoms with Crippen LogP contribution in [0.15, 0.2) is 30.3 Å². The van der Waals surface area contributed by atoms with Gasteiger partial charge in [0.1, 0.15) is 0 Å². The Kier molecular flexibility index (Phi) is 4.35. The van der Waals surface area contributed by atoms with Gasteiger partial charge in [0.15, 0.2) is 0 Å². The maximum absolute atomic E-state index is 8.40. The molecular weight excluding hydrogens is 182 g/mol. The summed E-state index contributed by atoms with van der Waals surface area (Å²) in [5.74, 6) is 0. The first kappa shape index (κ1) is 10.1. The molecule has 0 bridgehead atoms. The van der Waals surface area contributed by atoms with Crippen LogP contribution >= 0.6 is 11.6 Å². The van der Waals surface area contributed by atoms with Crippen LogP contribution in [0.4, 0.5) is 0 Å². The number of benzene rings is 1. The normalized spacial score (nSPS) is 12.0. The van der Waals surface area contributed by atoms with E-state index >= 15 is 0 Å². The molecule has 1 nitrogen and oxygen atoms in total. The number of alkyl halides is 1. The van der Waals surface area contributed by atoms with Crippen molar-refractivity contribution >= 4 is 11.6 Å². The Balaban J connectivity index is 2.32. The molecule has 0 aromatic heterocycles. The Morgan fingerprint density at radius 3 is 2.62 bits per heavy atom. The Bertz CT molecular complexity index is 276. The average molecular weight is 194 g/mol. The van der Waals surface area contributed by atoms with Gasteiger partial charge in [0.05, 0.1) is 12.5 Å². The van der Waals surface area contributed by atoms with E-state index in [1.165, 1.54) is 5.56 Å². The Hall–Kier alpha value is -1.00. The lowest BCUT2D eigenvalue weighted by molar-refractivity contribution is 0.762. The van der Waals surface area contributed by atoms with Gasteiger partial charge in [-0.25, -0.2) is 0 Å². The lowest BCUT2D eigenvalue weighted by atomic mass is 10.1. The van der Waals surface area contributed by atoms with Crippen molar-refractivity contribution in [1.82, 2.24) is 0 Å². The van der Waals surface area contributed by atoms with Gasteiger partial charge in [-0.2, -0.15) is 5.26 Å². The summed E-state index contributed by atoms with van der Waals surface area (Å²) in [6, 6.07) is 12.3. The third kappa shape index (κ3) is 3.96. The fourth-order valence-electron chi connectivity index (χ4n) is 1.17. The minimum absolute atomic E-state index is 0.00907. The molecule has 13 heavy (non-hydrogen) atoms. The van der Waals surface area contributed by atoms with Gasteiger partial charge in [-0.3, -0.25) is 0 Å². The Morgan fingerprint density at radius 2 is 2.00 bits per heavy atom. The van der Waals surface area contributed by atoms with Crippen molar-refractivity contribution in [3.8, 4) is 6.07 Å². The van der Waals surface area contributed by atoms with Crippen molar-refractivity contribution in [2.24, 2.45) is 0 Å². The van der Waals surface area contributed by atoms with Gasteiger partial charge in [-0.05, 0) is 18.4 Å². The number of hydrogen-bond donors (Lipinski definition) is 0. The predicted molar refractivity (Wildman–Crippen MR) is 54.6 cm³/mol. The summed E-state index contributed by atoms with van der Waals surface area (Å²) in [5, 5.41) is 8.39. The van der Waals surface area contributed by atoms with Crippen molar-refractivity contribution in [1.29, 1.82) is 5.26 Å². The fourth-order valence-corrected chi connectivity index (χ4v) is 1.35. The highest BCUT2D eigenvalue weighted by Crippen LogP contribution is 2.11. The highest BCUT2D eigenvalue weighted by molar-refractivity contribution is 6.20. The largest absolute Gasteiger partial charge is 0.198 e. The van der Waals surface area contributed by atoms with Crippen LogP contribution in [0, 0.1) is 11.3 Å². The van der Waals surface area contributed by atoms with Gasteiger partial charge >= 0.3 is 0 Å². The first-order chi connectivity index (χ1) is 6.33. The first-order valence-corrected chi connectivity index (χ1v) is 4.81.